The summed E-state index contributed by atoms with van der Waals surface area (Å²) in [6.45, 7) is 1.81. The van der Waals surface area contributed by atoms with Crippen molar-refractivity contribution in [1.82, 2.24) is 25.0 Å². The van der Waals surface area contributed by atoms with E-state index in [9.17, 15) is 23.1 Å². The van der Waals surface area contributed by atoms with Gasteiger partial charge in [-0.2, -0.15) is 13.2 Å². The summed E-state index contributed by atoms with van der Waals surface area (Å²) in [7, 11) is 0. The molecular formula is C21H21F3N6O3. The Kier molecular flexibility index (Phi) is 5.78. The highest BCUT2D eigenvalue weighted by Gasteiger charge is 2.39. The van der Waals surface area contributed by atoms with Gasteiger partial charge in [0.15, 0.2) is 0 Å². The van der Waals surface area contributed by atoms with E-state index in [4.69, 9.17) is 5.11 Å². The van der Waals surface area contributed by atoms with Crippen LogP contribution in [0.3, 0.4) is 0 Å². The minimum atomic E-state index is -4.59. The Morgan fingerprint density at radius 3 is 2.64 bits per heavy atom. The summed E-state index contributed by atoms with van der Waals surface area (Å²) in [5.41, 5.74) is -0.183. The summed E-state index contributed by atoms with van der Waals surface area (Å²) >= 11 is 0. The first-order valence-corrected chi connectivity index (χ1v) is 10.2. The van der Waals surface area contributed by atoms with Crippen LogP contribution in [0.25, 0.3) is 5.69 Å². The predicted molar refractivity (Wildman–Crippen MR) is 110 cm³/mol. The molecule has 3 aromatic rings. The number of nitrogens with one attached hydrogen (secondary N) is 1. The van der Waals surface area contributed by atoms with Gasteiger partial charge in [0, 0.05) is 11.9 Å². The van der Waals surface area contributed by atoms with Gasteiger partial charge >= 0.3 is 12.1 Å². The Balaban J connectivity index is 1.56. The van der Waals surface area contributed by atoms with Crippen molar-refractivity contribution in [3.05, 3.63) is 53.6 Å². The Bertz CT molecular complexity index is 1170. The zero-order chi connectivity index (χ0) is 23.8. The molecule has 33 heavy (non-hydrogen) atoms. The lowest BCUT2D eigenvalue weighted by atomic mass is 9.77. The molecule has 3 N–H and O–H groups in total. The normalized spacial score (nSPS) is 21.1. The number of carboxylic acids is 1. The Morgan fingerprint density at radius 2 is 1.97 bits per heavy atom. The number of nitrogens with zero attached hydrogens (tertiary/aromatic N) is 5. The van der Waals surface area contributed by atoms with Crippen molar-refractivity contribution in [2.75, 3.05) is 5.32 Å². The number of hydrogen-bond donors (Lipinski definition) is 3. The fourth-order valence-electron chi connectivity index (χ4n) is 3.87. The van der Waals surface area contributed by atoms with E-state index < -0.39 is 29.4 Å². The summed E-state index contributed by atoms with van der Waals surface area (Å²) in [6.07, 6.45) is -0.786. The van der Waals surface area contributed by atoms with Gasteiger partial charge in [0.1, 0.15) is 17.0 Å². The van der Waals surface area contributed by atoms with E-state index in [0.717, 1.165) is 17.8 Å². The van der Waals surface area contributed by atoms with Gasteiger partial charge in [-0.05, 0) is 62.4 Å². The third-order valence-electron chi connectivity index (χ3n) is 5.66. The fraction of sp³-hybridized carbons (Fsp3) is 0.381. The summed E-state index contributed by atoms with van der Waals surface area (Å²) < 4.78 is 40.2. The molecule has 12 heteroatoms. The maximum Gasteiger partial charge on any atom is 0.433 e. The smallest absolute Gasteiger partial charge is 0.433 e. The molecule has 1 aromatic carbocycles. The zero-order valence-electron chi connectivity index (χ0n) is 17.5. The molecule has 0 saturated heterocycles. The van der Waals surface area contributed by atoms with Gasteiger partial charge in [-0.1, -0.05) is 5.21 Å². The summed E-state index contributed by atoms with van der Waals surface area (Å²) in [4.78, 5) is 18.5. The molecule has 1 aliphatic rings. The van der Waals surface area contributed by atoms with Crippen molar-refractivity contribution in [2.45, 2.75) is 44.4 Å². The van der Waals surface area contributed by atoms with Crippen LogP contribution in [0.2, 0.25) is 0 Å². The van der Waals surface area contributed by atoms with Crippen molar-refractivity contribution in [3.8, 4) is 5.69 Å². The van der Waals surface area contributed by atoms with E-state index in [0.29, 0.717) is 29.9 Å². The summed E-state index contributed by atoms with van der Waals surface area (Å²) in [5.74, 6) is -1.56. The average Bonchev–Trinajstić information content (AvgIpc) is 3.25. The number of aliphatic carboxylic acids is 1. The molecule has 0 radical (unpaired) electrons. The third kappa shape index (κ3) is 4.95. The van der Waals surface area contributed by atoms with Crippen molar-refractivity contribution in [3.63, 3.8) is 0 Å². The number of benzene rings is 1. The first kappa shape index (κ1) is 22.6. The number of carboxylic acid groups (broad SMARTS) is 1. The number of halogens is 3. The number of carbonyl (C=O) groups is 1. The van der Waals surface area contributed by atoms with E-state index in [1.807, 2.05) is 0 Å². The highest BCUT2D eigenvalue weighted by Crippen LogP contribution is 2.39. The molecule has 1 saturated carbocycles. The minimum absolute atomic E-state index is 0.204. The van der Waals surface area contributed by atoms with Crippen LogP contribution in [0.5, 0.6) is 0 Å². The van der Waals surface area contributed by atoms with Gasteiger partial charge in [0.05, 0.1) is 17.8 Å². The number of anilines is 2. The van der Waals surface area contributed by atoms with Crippen LogP contribution in [-0.4, -0.2) is 41.1 Å². The maximum absolute atomic E-state index is 12.9. The fourth-order valence-corrected chi connectivity index (χ4v) is 3.87. The number of aryl methyl sites for hydroxylation is 1. The van der Waals surface area contributed by atoms with Gasteiger partial charge in [0.25, 0.3) is 0 Å². The SMILES string of the molecule is Cc1cc(Nc2nccc(C(F)(F)F)n2)cc(-n2cc(C3(O)CCC(C(=O)O)CC3)nn2)c1. The second-order valence-corrected chi connectivity index (χ2v) is 8.14. The summed E-state index contributed by atoms with van der Waals surface area (Å²) in [6, 6.07) is 5.94. The topological polar surface area (TPSA) is 126 Å². The number of rotatable bonds is 5. The number of aliphatic hydroxyl groups is 1. The molecule has 0 spiro atoms. The number of aromatic nitrogens is 5. The highest BCUT2D eigenvalue weighted by molar-refractivity contribution is 5.70. The van der Waals surface area contributed by atoms with Gasteiger partial charge in [-0.15, -0.1) is 5.10 Å². The minimum Gasteiger partial charge on any atom is -0.481 e. The molecular weight excluding hydrogens is 441 g/mol. The van der Waals surface area contributed by atoms with Gasteiger partial charge < -0.3 is 15.5 Å². The lowest BCUT2D eigenvalue weighted by molar-refractivity contribution is -0.145. The average molecular weight is 462 g/mol. The molecule has 0 amide bonds. The first-order chi connectivity index (χ1) is 15.5. The molecule has 0 atom stereocenters. The largest absolute Gasteiger partial charge is 0.481 e. The molecule has 1 fully saturated rings. The van der Waals surface area contributed by atoms with Crippen LogP contribution in [0.15, 0.2) is 36.7 Å². The molecule has 0 bridgehead atoms. The Morgan fingerprint density at radius 1 is 1.24 bits per heavy atom. The monoisotopic (exact) mass is 462 g/mol. The van der Waals surface area contributed by atoms with Crippen LogP contribution in [0, 0.1) is 12.8 Å². The van der Waals surface area contributed by atoms with E-state index in [-0.39, 0.29) is 18.8 Å². The Hall–Kier alpha value is -3.54. The molecule has 0 unspecified atom stereocenters. The van der Waals surface area contributed by atoms with E-state index in [1.54, 1.807) is 31.3 Å². The van der Waals surface area contributed by atoms with Crippen LogP contribution in [0.4, 0.5) is 24.8 Å². The quantitative estimate of drug-likeness (QED) is 0.525. The van der Waals surface area contributed by atoms with Crippen LogP contribution >= 0.6 is 0 Å². The molecule has 2 aromatic heterocycles. The lowest BCUT2D eigenvalue weighted by Gasteiger charge is -2.32. The third-order valence-corrected chi connectivity index (χ3v) is 5.66. The van der Waals surface area contributed by atoms with Gasteiger partial charge in [-0.25, -0.2) is 14.6 Å². The van der Waals surface area contributed by atoms with E-state index >= 15 is 0 Å². The van der Waals surface area contributed by atoms with Gasteiger partial charge in [-0.3, -0.25) is 4.79 Å². The van der Waals surface area contributed by atoms with Crippen molar-refractivity contribution in [2.24, 2.45) is 5.92 Å². The molecule has 174 valence electrons. The molecule has 0 aliphatic heterocycles. The maximum atomic E-state index is 12.9. The van der Waals surface area contributed by atoms with Gasteiger partial charge in [0.2, 0.25) is 5.95 Å². The van der Waals surface area contributed by atoms with Crippen LogP contribution in [-0.2, 0) is 16.6 Å². The zero-order valence-corrected chi connectivity index (χ0v) is 17.5. The van der Waals surface area contributed by atoms with E-state index in [2.05, 4.69) is 25.6 Å². The lowest BCUT2D eigenvalue weighted by Crippen LogP contribution is -2.34. The van der Waals surface area contributed by atoms with Crippen LogP contribution < -0.4 is 5.32 Å². The standard InChI is InChI=1S/C21H21F3N6O3/c1-12-8-14(26-19-25-7-4-16(27-19)21(22,23)24)10-15(9-12)30-11-17(28-29-30)20(33)5-2-13(3-6-20)18(31)32/h4,7-11,13,33H,2-3,5-6H2,1H3,(H,31,32)(H,25,26,27). The Labute approximate surface area is 186 Å². The van der Waals surface area contributed by atoms with Crippen molar-refractivity contribution in [1.29, 1.82) is 0 Å². The molecule has 4 rings (SSSR count). The van der Waals surface area contributed by atoms with Crippen molar-refractivity contribution >= 4 is 17.6 Å². The second kappa shape index (κ2) is 8.43. The molecule has 1 aliphatic carbocycles. The number of hydrogen-bond acceptors (Lipinski definition) is 7. The number of alkyl halides is 3. The van der Waals surface area contributed by atoms with Crippen molar-refractivity contribution < 1.29 is 28.2 Å². The molecule has 2 heterocycles. The summed E-state index contributed by atoms with van der Waals surface area (Å²) in [5, 5.41) is 31.1. The predicted octanol–water partition coefficient (Wildman–Crippen LogP) is 3.59. The first-order valence-electron chi connectivity index (χ1n) is 10.2. The van der Waals surface area contributed by atoms with E-state index in [1.165, 1.54) is 4.68 Å². The second-order valence-electron chi connectivity index (χ2n) is 8.14. The molecule has 9 nitrogen and oxygen atoms in total. The highest BCUT2D eigenvalue weighted by atomic mass is 19.4. The van der Waals surface area contributed by atoms with Crippen LogP contribution in [0.1, 0.15) is 42.6 Å².